The third-order valence-corrected chi connectivity index (χ3v) is 4.16. The maximum Gasteiger partial charge on any atom is 0.237 e. The van der Waals surface area contributed by atoms with Gasteiger partial charge in [0.15, 0.2) is 0 Å². The Balaban J connectivity index is 1.50. The number of aromatic nitrogens is 2. The molecule has 0 aromatic carbocycles. The fourth-order valence-corrected chi connectivity index (χ4v) is 3.04. The van der Waals surface area contributed by atoms with Gasteiger partial charge in [-0.05, 0) is 31.7 Å². The van der Waals surface area contributed by atoms with Crippen molar-refractivity contribution in [1.82, 2.24) is 20.2 Å². The number of hydrogen-bond donors (Lipinski definition) is 2. The molecule has 1 unspecified atom stereocenters. The first-order valence-electron chi connectivity index (χ1n) is 7.37. The van der Waals surface area contributed by atoms with Gasteiger partial charge in [0.05, 0.1) is 6.04 Å². The van der Waals surface area contributed by atoms with E-state index in [0.29, 0.717) is 6.04 Å². The summed E-state index contributed by atoms with van der Waals surface area (Å²) in [7, 11) is 0. The SMILES string of the molecule is O=C1NCCCC1N1CCC(Nc2ccncn2)CC1. The van der Waals surface area contributed by atoms with Crippen molar-refractivity contribution in [2.45, 2.75) is 37.8 Å². The minimum Gasteiger partial charge on any atom is -0.367 e. The summed E-state index contributed by atoms with van der Waals surface area (Å²) in [5.74, 6) is 1.09. The first-order chi connectivity index (χ1) is 9.83. The molecule has 0 radical (unpaired) electrons. The first kappa shape index (κ1) is 13.3. The number of carbonyl (C=O) groups is 1. The molecule has 1 aromatic rings. The number of amides is 1. The molecule has 0 saturated carbocycles. The molecule has 2 saturated heterocycles. The van der Waals surface area contributed by atoms with E-state index in [1.54, 1.807) is 12.5 Å². The number of anilines is 1. The zero-order valence-corrected chi connectivity index (χ0v) is 11.6. The van der Waals surface area contributed by atoms with Gasteiger partial charge in [-0.1, -0.05) is 0 Å². The van der Waals surface area contributed by atoms with Crippen molar-refractivity contribution >= 4 is 11.7 Å². The molecule has 2 N–H and O–H groups in total. The van der Waals surface area contributed by atoms with E-state index in [-0.39, 0.29) is 11.9 Å². The molecule has 2 aliphatic heterocycles. The van der Waals surface area contributed by atoms with Gasteiger partial charge in [0.2, 0.25) is 5.91 Å². The molecule has 3 heterocycles. The van der Waals surface area contributed by atoms with E-state index < -0.39 is 0 Å². The summed E-state index contributed by atoms with van der Waals surface area (Å²) in [4.78, 5) is 22.3. The lowest BCUT2D eigenvalue weighted by atomic mass is 9.99. The first-order valence-corrected chi connectivity index (χ1v) is 7.37. The standard InChI is InChI=1S/C14H21N5O/c20-14-12(2-1-6-16-14)19-8-4-11(5-9-19)18-13-3-7-15-10-17-13/h3,7,10-12H,1-2,4-6,8-9H2,(H,16,20)(H,15,17,18). The van der Waals surface area contributed by atoms with Gasteiger partial charge in [-0.15, -0.1) is 0 Å². The lowest BCUT2D eigenvalue weighted by Crippen LogP contribution is -2.53. The Bertz CT molecular complexity index is 444. The summed E-state index contributed by atoms with van der Waals surface area (Å²) in [5.41, 5.74) is 0. The Kier molecular flexibility index (Phi) is 4.11. The topological polar surface area (TPSA) is 70.2 Å². The largest absolute Gasteiger partial charge is 0.367 e. The Hall–Kier alpha value is -1.69. The van der Waals surface area contributed by atoms with Gasteiger partial charge in [0.25, 0.3) is 0 Å². The second-order valence-corrected chi connectivity index (χ2v) is 5.50. The second-order valence-electron chi connectivity index (χ2n) is 5.50. The fourth-order valence-electron chi connectivity index (χ4n) is 3.04. The van der Waals surface area contributed by atoms with Crippen LogP contribution in [0, 0.1) is 0 Å². The van der Waals surface area contributed by atoms with Crippen molar-refractivity contribution in [1.29, 1.82) is 0 Å². The van der Waals surface area contributed by atoms with Crippen molar-refractivity contribution in [3.05, 3.63) is 18.6 Å². The number of likely N-dealkylation sites (tertiary alicyclic amines) is 1. The van der Waals surface area contributed by atoms with Crippen LogP contribution in [0.2, 0.25) is 0 Å². The van der Waals surface area contributed by atoms with E-state index in [0.717, 1.165) is 51.1 Å². The highest BCUT2D eigenvalue weighted by Gasteiger charge is 2.31. The van der Waals surface area contributed by atoms with Crippen LogP contribution in [0.5, 0.6) is 0 Å². The van der Waals surface area contributed by atoms with Gasteiger partial charge >= 0.3 is 0 Å². The molecular weight excluding hydrogens is 254 g/mol. The van der Waals surface area contributed by atoms with E-state index >= 15 is 0 Å². The summed E-state index contributed by atoms with van der Waals surface area (Å²) in [6, 6.07) is 2.41. The molecule has 0 bridgehead atoms. The van der Waals surface area contributed by atoms with Crippen molar-refractivity contribution in [3.8, 4) is 0 Å². The molecule has 1 amide bonds. The average Bonchev–Trinajstić information content (AvgIpc) is 2.50. The van der Waals surface area contributed by atoms with E-state index in [9.17, 15) is 4.79 Å². The van der Waals surface area contributed by atoms with Crippen LogP contribution in [-0.4, -0.2) is 52.5 Å². The lowest BCUT2D eigenvalue weighted by molar-refractivity contribution is -0.128. The maximum absolute atomic E-state index is 11.9. The molecule has 0 aliphatic carbocycles. The summed E-state index contributed by atoms with van der Waals surface area (Å²) < 4.78 is 0. The molecule has 20 heavy (non-hydrogen) atoms. The molecule has 6 heteroatoms. The molecule has 2 aliphatic rings. The van der Waals surface area contributed by atoms with Gasteiger partial charge in [-0.2, -0.15) is 0 Å². The van der Waals surface area contributed by atoms with Gasteiger partial charge in [-0.3, -0.25) is 9.69 Å². The molecule has 3 rings (SSSR count). The summed E-state index contributed by atoms with van der Waals surface area (Å²) >= 11 is 0. The number of hydrogen-bond acceptors (Lipinski definition) is 5. The van der Waals surface area contributed by atoms with Crippen LogP contribution in [0.3, 0.4) is 0 Å². The lowest BCUT2D eigenvalue weighted by Gasteiger charge is -2.38. The molecule has 108 valence electrons. The smallest absolute Gasteiger partial charge is 0.237 e. The summed E-state index contributed by atoms with van der Waals surface area (Å²) in [5, 5.41) is 6.40. The Morgan fingerprint density at radius 1 is 1.30 bits per heavy atom. The zero-order valence-electron chi connectivity index (χ0n) is 11.6. The van der Waals surface area contributed by atoms with Crippen molar-refractivity contribution in [2.24, 2.45) is 0 Å². The summed E-state index contributed by atoms with van der Waals surface area (Å²) in [6.07, 6.45) is 7.49. The molecule has 6 nitrogen and oxygen atoms in total. The van der Waals surface area contributed by atoms with Gasteiger partial charge < -0.3 is 10.6 Å². The minimum atomic E-state index is 0.0868. The maximum atomic E-state index is 11.9. The van der Waals surface area contributed by atoms with Crippen LogP contribution in [0.25, 0.3) is 0 Å². The van der Waals surface area contributed by atoms with Crippen LogP contribution in [0.1, 0.15) is 25.7 Å². The molecular formula is C14H21N5O. The fraction of sp³-hybridized carbons (Fsp3) is 0.643. The van der Waals surface area contributed by atoms with Crippen LogP contribution < -0.4 is 10.6 Å². The number of nitrogens with zero attached hydrogens (tertiary/aromatic N) is 3. The van der Waals surface area contributed by atoms with Crippen molar-refractivity contribution < 1.29 is 4.79 Å². The minimum absolute atomic E-state index is 0.0868. The monoisotopic (exact) mass is 275 g/mol. The molecule has 1 atom stereocenters. The Morgan fingerprint density at radius 3 is 2.85 bits per heavy atom. The summed E-state index contributed by atoms with van der Waals surface area (Å²) in [6.45, 7) is 2.78. The van der Waals surface area contributed by atoms with E-state index in [1.165, 1.54) is 0 Å². The predicted molar refractivity (Wildman–Crippen MR) is 76.3 cm³/mol. The third-order valence-electron chi connectivity index (χ3n) is 4.16. The highest BCUT2D eigenvalue weighted by atomic mass is 16.2. The van der Waals surface area contributed by atoms with E-state index in [1.807, 2.05) is 6.07 Å². The highest BCUT2D eigenvalue weighted by molar-refractivity contribution is 5.82. The predicted octanol–water partition coefficient (Wildman–Crippen LogP) is 0.631. The highest BCUT2D eigenvalue weighted by Crippen LogP contribution is 2.20. The number of nitrogens with one attached hydrogen (secondary N) is 2. The Labute approximate surface area is 119 Å². The van der Waals surface area contributed by atoms with Gasteiger partial charge in [0.1, 0.15) is 12.1 Å². The van der Waals surface area contributed by atoms with Crippen LogP contribution >= 0.6 is 0 Å². The number of rotatable bonds is 3. The van der Waals surface area contributed by atoms with Crippen LogP contribution in [-0.2, 0) is 4.79 Å². The average molecular weight is 275 g/mol. The quantitative estimate of drug-likeness (QED) is 0.847. The van der Waals surface area contributed by atoms with Gasteiger partial charge in [-0.25, -0.2) is 9.97 Å². The van der Waals surface area contributed by atoms with Crippen molar-refractivity contribution in [3.63, 3.8) is 0 Å². The van der Waals surface area contributed by atoms with Crippen molar-refractivity contribution in [2.75, 3.05) is 25.0 Å². The normalized spacial score (nSPS) is 25.2. The van der Waals surface area contributed by atoms with Gasteiger partial charge in [0, 0.05) is 31.9 Å². The van der Waals surface area contributed by atoms with Crippen LogP contribution in [0.15, 0.2) is 18.6 Å². The van der Waals surface area contributed by atoms with E-state index in [4.69, 9.17) is 0 Å². The second kappa shape index (κ2) is 6.17. The Morgan fingerprint density at radius 2 is 2.15 bits per heavy atom. The molecule has 1 aromatic heterocycles. The third kappa shape index (κ3) is 3.07. The van der Waals surface area contributed by atoms with Crippen LogP contribution in [0.4, 0.5) is 5.82 Å². The number of piperidine rings is 2. The van der Waals surface area contributed by atoms with E-state index in [2.05, 4.69) is 25.5 Å². The number of carbonyl (C=O) groups excluding carboxylic acids is 1. The molecule has 0 spiro atoms. The molecule has 2 fully saturated rings. The zero-order chi connectivity index (χ0) is 13.8.